The van der Waals surface area contributed by atoms with Crippen molar-refractivity contribution in [3.63, 3.8) is 0 Å². The Kier molecular flexibility index (Phi) is 9.92. The summed E-state index contributed by atoms with van der Waals surface area (Å²) in [5, 5.41) is 2.96. The topological polar surface area (TPSA) is 86.8 Å². The minimum absolute atomic E-state index is 0.0553. The van der Waals surface area contributed by atoms with Crippen molar-refractivity contribution in [3.05, 3.63) is 95.1 Å². The van der Waals surface area contributed by atoms with Crippen LogP contribution in [0.25, 0.3) is 0 Å². The lowest BCUT2D eigenvalue weighted by Crippen LogP contribution is -2.52. The lowest BCUT2D eigenvalue weighted by molar-refractivity contribution is -0.139. The Morgan fingerprint density at radius 1 is 0.872 bits per heavy atom. The molecule has 0 bridgehead atoms. The molecule has 8 heteroatoms. The third-order valence-corrected chi connectivity index (χ3v) is 8.79. The Balaban J connectivity index is 2.07. The first kappa shape index (κ1) is 29.9. The number of rotatable bonds is 11. The van der Waals surface area contributed by atoms with Gasteiger partial charge in [0.05, 0.1) is 10.6 Å². The van der Waals surface area contributed by atoms with Gasteiger partial charge in [0.15, 0.2) is 0 Å². The van der Waals surface area contributed by atoms with Crippen LogP contribution in [0, 0.1) is 20.8 Å². The number of sulfonamides is 1. The molecule has 0 saturated carbocycles. The summed E-state index contributed by atoms with van der Waals surface area (Å²) in [6.07, 6.45) is 0.750. The number of aryl methyl sites for hydroxylation is 3. The molecule has 0 radical (unpaired) electrons. The number of carbonyl (C=O) groups excluding carboxylic acids is 2. The molecule has 0 aliphatic heterocycles. The second kappa shape index (κ2) is 12.9. The fourth-order valence-corrected chi connectivity index (χ4v) is 5.73. The monoisotopic (exact) mass is 549 g/mol. The molecule has 3 aromatic rings. The summed E-state index contributed by atoms with van der Waals surface area (Å²) in [6, 6.07) is 20.4. The van der Waals surface area contributed by atoms with Crippen molar-refractivity contribution in [3.8, 4) is 0 Å². The summed E-state index contributed by atoms with van der Waals surface area (Å²) in [7, 11) is -4.09. The van der Waals surface area contributed by atoms with Crippen LogP contribution in [0.2, 0.25) is 0 Å². The molecular weight excluding hydrogens is 510 g/mol. The van der Waals surface area contributed by atoms with Gasteiger partial charge in [-0.2, -0.15) is 0 Å². The molecule has 0 fully saturated rings. The fourth-order valence-electron chi connectivity index (χ4n) is 4.24. The van der Waals surface area contributed by atoms with Crippen LogP contribution in [0.1, 0.15) is 49.4 Å². The molecule has 0 aromatic heterocycles. The zero-order valence-electron chi connectivity index (χ0n) is 23.6. The highest BCUT2D eigenvalue weighted by atomic mass is 32.2. The van der Waals surface area contributed by atoms with E-state index in [9.17, 15) is 18.0 Å². The Morgan fingerprint density at radius 3 is 2.15 bits per heavy atom. The average molecular weight is 550 g/mol. The van der Waals surface area contributed by atoms with Crippen LogP contribution in [-0.2, 0) is 26.2 Å². The Bertz CT molecular complexity index is 1410. The third kappa shape index (κ3) is 7.26. The van der Waals surface area contributed by atoms with Crippen LogP contribution in [0.5, 0.6) is 0 Å². The van der Waals surface area contributed by atoms with Gasteiger partial charge in [-0.1, -0.05) is 61.5 Å². The van der Waals surface area contributed by atoms with E-state index in [0.717, 1.165) is 33.0 Å². The normalized spacial score (nSPS) is 12.9. The number of amides is 2. The third-order valence-electron chi connectivity index (χ3n) is 7.01. The largest absolute Gasteiger partial charge is 0.352 e. The molecule has 0 spiro atoms. The molecule has 2 amide bonds. The number of hydrogen-bond donors (Lipinski definition) is 1. The molecule has 1 N–H and O–H groups in total. The zero-order chi connectivity index (χ0) is 28.7. The van der Waals surface area contributed by atoms with Crippen LogP contribution < -0.4 is 9.62 Å². The van der Waals surface area contributed by atoms with Gasteiger partial charge in [-0.3, -0.25) is 13.9 Å². The Hall–Kier alpha value is -3.65. The minimum Gasteiger partial charge on any atom is -0.352 e. The van der Waals surface area contributed by atoms with E-state index in [1.807, 2.05) is 71.0 Å². The molecule has 7 nitrogen and oxygen atoms in total. The molecule has 0 aliphatic carbocycles. The summed E-state index contributed by atoms with van der Waals surface area (Å²) >= 11 is 0. The van der Waals surface area contributed by atoms with Gasteiger partial charge >= 0.3 is 0 Å². The summed E-state index contributed by atoms with van der Waals surface area (Å²) in [5.74, 6) is -0.749. The predicted molar refractivity (Wildman–Crippen MR) is 156 cm³/mol. The summed E-state index contributed by atoms with van der Waals surface area (Å²) in [6.45, 7) is 10.9. The number of benzene rings is 3. The van der Waals surface area contributed by atoms with Gasteiger partial charge in [-0.05, 0) is 81.5 Å². The highest BCUT2D eigenvalue weighted by Crippen LogP contribution is 2.28. The predicted octanol–water partition coefficient (Wildman–Crippen LogP) is 5.14. The van der Waals surface area contributed by atoms with Crippen LogP contribution in [0.4, 0.5) is 5.69 Å². The number of nitrogens with zero attached hydrogens (tertiary/aromatic N) is 2. The van der Waals surface area contributed by atoms with E-state index in [0.29, 0.717) is 5.69 Å². The van der Waals surface area contributed by atoms with Crippen molar-refractivity contribution in [2.24, 2.45) is 0 Å². The van der Waals surface area contributed by atoms with Gasteiger partial charge in [0.25, 0.3) is 10.0 Å². The lowest BCUT2D eigenvalue weighted by atomic mass is 10.1. The summed E-state index contributed by atoms with van der Waals surface area (Å²) < 4.78 is 29.0. The van der Waals surface area contributed by atoms with E-state index in [2.05, 4.69) is 5.32 Å². The smallest absolute Gasteiger partial charge is 0.264 e. The highest BCUT2D eigenvalue weighted by molar-refractivity contribution is 7.92. The molecule has 39 heavy (non-hydrogen) atoms. The van der Waals surface area contributed by atoms with Crippen molar-refractivity contribution in [2.75, 3.05) is 10.8 Å². The summed E-state index contributed by atoms with van der Waals surface area (Å²) in [5.41, 5.74) is 3.89. The van der Waals surface area contributed by atoms with E-state index in [1.54, 1.807) is 31.2 Å². The number of hydrogen-bond acceptors (Lipinski definition) is 4. The van der Waals surface area contributed by atoms with E-state index < -0.39 is 28.5 Å². The van der Waals surface area contributed by atoms with Gasteiger partial charge in [0.2, 0.25) is 11.8 Å². The molecule has 3 rings (SSSR count). The van der Waals surface area contributed by atoms with E-state index in [-0.39, 0.29) is 23.4 Å². The maximum Gasteiger partial charge on any atom is 0.264 e. The number of anilines is 1. The quantitative estimate of drug-likeness (QED) is 0.359. The van der Waals surface area contributed by atoms with E-state index >= 15 is 0 Å². The van der Waals surface area contributed by atoms with Crippen LogP contribution in [-0.4, -0.2) is 43.8 Å². The Labute approximate surface area is 232 Å². The highest BCUT2D eigenvalue weighted by Gasteiger charge is 2.33. The van der Waals surface area contributed by atoms with Gasteiger partial charge in [-0.25, -0.2) is 8.42 Å². The van der Waals surface area contributed by atoms with Crippen LogP contribution >= 0.6 is 0 Å². The minimum atomic E-state index is -4.09. The molecule has 0 aliphatic rings. The van der Waals surface area contributed by atoms with E-state index in [1.165, 1.54) is 17.0 Å². The van der Waals surface area contributed by atoms with Gasteiger partial charge in [0.1, 0.15) is 12.6 Å². The zero-order valence-corrected chi connectivity index (χ0v) is 24.5. The van der Waals surface area contributed by atoms with Crippen LogP contribution in [0.15, 0.2) is 77.7 Å². The molecule has 0 saturated heterocycles. The first-order valence-corrected chi connectivity index (χ1v) is 14.7. The van der Waals surface area contributed by atoms with Crippen molar-refractivity contribution >= 4 is 27.5 Å². The molecule has 3 aromatic carbocycles. The molecule has 2 atom stereocenters. The second-order valence-electron chi connectivity index (χ2n) is 10.1. The first-order chi connectivity index (χ1) is 18.4. The van der Waals surface area contributed by atoms with Crippen LogP contribution in [0.3, 0.4) is 0 Å². The number of nitrogens with one attached hydrogen (secondary N) is 1. The van der Waals surface area contributed by atoms with Crippen molar-refractivity contribution < 1.29 is 18.0 Å². The standard InChI is InChI=1S/C31H39N3O4S/c1-7-25(5)32-31(36)26(6)33(20-27-14-12-11-13-23(27)3)30(35)21-34(29-19-22(2)17-18-24(29)4)39(37,38)28-15-9-8-10-16-28/h8-19,25-26H,7,20-21H2,1-6H3,(H,32,36)/t25-,26+/m1/s1. The Morgan fingerprint density at radius 2 is 1.51 bits per heavy atom. The lowest BCUT2D eigenvalue weighted by Gasteiger charge is -2.33. The molecular formula is C31H39N3O4S. The van der Waals surface area contributed by atoms with Crippen molar-refractivity contribution in [1.82, 2.24) is 10.2 Å². The molecule has 208 valence electrons. The van der Waals surface area contributed by atoms with Crippen molar-refractivity contribution in [2.45, 2.75) is 71.5 Å². The van der Waals surface area contributed by atoms with Gasteiger partial charge < -0.3 is 10.2 Å². The molecule has 0 heterocycles. The van der Waals surface area contributed by atoms with E-state index in [4.69, 9.17) is 0 Å². The fraction of sp³-hybridized carbons (Fsp3) is 0.355. The van der Waals surface area contributed by atoms with Crippen molar-refractivity contribution in [1.29, 1.82) is 0 Å². The average Bonchev–Trinajstić information content (AvgIpc) is 2.92. The van der Waals surface area contributed by atoms with Gasteiger partial charge in [0, 0.05) is 12.6 Å². The maximum absolute atomic E-state index is 14.1. The molecule has 0 unspecified atom stereocenters. The SMILES string of the molecule is CC[C@@H](C)NC(=O)[C@H](C)N(Cc1ccccc1C)C(=O)CN(c1cc(C)ccc1C)S(=O)(=O)c1ccccc1. The second-order valence-corrected chi connectivity index (χ2v) is 11.9. The number of carbonyl (C=O) groups is 2. The first-order valence-electron chi connectivity index (χ1n) is 13.2. The maximum atomic E-state index is 14.1. The summed E-state index contributed by atoms with van der Waals surface area (Å²) in [4.78, 5) is 28.8. The van der Waals surface area contributed by atoms with Gasteiger partial charge in [-0.15, -0.1) is 0 Å².